The Morgan fingerprint density at radius 3 is 2.23 bits per heavy atom. The highest BCUT2D eigenvalue weighted by atomic mass is 17.0. The molecule has 1 aliphatic rings. The van der Waals surface area contributed by atoms with Gasteiger partial charge in [-0.15, -0.1) is 20.2 Å². The van der Waals surface area contributed by atoms with Crippen LogP contribution in [-0.4, -0.2) is 81.7 Å². The standard InChI is InChI=1S/C16H24O2.C10H18O2.C6H10N2O9/c17-15-11-14(16(18)12-15)10-6-2-5-9-13-7-3-1-4-8-13;1-4-5-6-7-8-10(11)12-9(2)3;9-6(10)1-2-15-3-5(17-8(13)14)4-16-7(11)12/h1,3-4,7-8,14-18H,2,5-6,9-12H2;4-5,9H,6-8H2,1-3H3;5H,1-4H2,(H,9,10)/b;5-4-;. The molecule has 1 fully saturated rings. The normalized spacial score (nSPS) is 17.5. The van der Waals surface area contributed by atoms with Crippen LogP contribution < -0.4 is 0 Å². The molecule has 0 aromatic heterocycles. The number of aliphatic hydroxyl groups excluding tert-OH is 2. The SMILES string of the molecule is C/C=C\CCCC(=O)OC(C)C.O=C(O)CCOCC(CO[N+](=O)[O-])O[N+](=O)[O-].OC1CC(O)C(CCCCCc2ccccc2)C1. The second kappa shape index (κ2) is 27.3. The number of benzene rings is 1. The summed E-state index contributed by atoms with van der Waals surface area (Å²) in [6.45, 7) is 4.45. The van der Waals surface area contributed by atoms with Gasteiger partial charge in [-0.05, 0) is 77.2 Å². The number of aryl methyl sites for hydroxylation is 1. The zero-order chi connectivity index (χ0) is 35.5. The molecule has 1 saturated carbocycles. The number of carbonyl (C=O) groups is 2. The van der Waals surface area contributed by atoms with Crippen molar-refractivity contribution in [1.82, 2.24) is 0 Å². The monoisotopic (exact) mass is 672 g/mol. The minimum Gasteiger partial charge on any atom is -0.481 e. The molecule has 4 atom stereocenters. The number of aliphatic carboxylic acids is 1. The van der Waals surface area contributed by atoms with Crippen LogP contribution >= 0.6 is 0 Å². The Morgan fingerprint density at radius 1 is 0.979 bits per heavy atom. The van der Waals surface area contributed by atoms with Crippen molar-refractivity contribution < 1.29 is 54.2 Å². The number of carboxylic acid groups (broad SMARTS) is 1. The summed E-state index contributed by atoms with van der Waals surface area (Å²) in [6, 6.07) is 10.6. The molecule has 15 heteroatoms. The first kappa shape index (κ1) is 43.2. The third-order valence-corrected chi connectivity index (χ3v) is 6.74. The van der Waals surface area contributed by atoms with Gasteiger partial charge in [0.2, 0.25) is 0 Å². The Kier molecular flexibility index (Phi) is 25.1. The number of allylic oxidation sites excluding steroid dienone is 2. The number of carboxylic acids is 1. The average Bonchev–Trinajstić information content (AvgIpc) is 3.32. The molecule has 1 aliphatic carbocycles. The Hall–Kier alpha value is -3.82. The van der Waals surface area contributed by atoms with Crippen molar-refractivity contribution in [3.8, 4) is 0 Å². The van der Waals surface area contributed by atoms with E-state index in [9.17, 15) is 40.0 Å². The minimum atomic E-state index is -1.29. The van der Waals surface area contributed by atoms with Gasteiger partial charge in [0.15, 0.2) is 6.10 Å². The van der Waals surface area contributed by atoms with Gasteiger partial charge in [-0.25, -0.2) is 0 Å². The minimum absolute atomic E-state index is 0.0132. The van der Waals surface area contributed by atoms with Gasteiger partial charge in [-0.2, -0.15) is 0 Å². The Morgan fingerprint density at radius 2 is 1.68 bits per heavy atom. The maximum Gasteiger partial charge on any atom is 0.306 e. The van der Waals surface area contributed by atoms with E-state index in [4.69, 9.17) is 14.6 Å². The van der Waals surface area contributed by atoms with Crippen molar-refractivity contribution in [2.75, 3.05) is 19.8 Å². The largest absolute Gasteiger partial charge is 0.481 e. The highest BCUT2D eigenvalue weighted by molar-refractivity contribution is 5.69. The number of ether oxygens (including phenoxy) is 2. The van der Waals surface area contributed by atoms with Crippen LogP contribution in [0.2, 0.25) is 0 Å². The van der Waals surface area contributed by atoms with Crippen molar-refractivity contribution in [1.29, 1.82) is 0 Å². The molecule has 0 amide bonds. The zero-order valence-electron chi connectivity index (χ0n) is 27.6. The molecule has 268 valence electrons. The van der Waals surface area contributed by atoms with Crippen LogP contribution in [0.4, 0.5) is 0 Å². The van der Waals surface area contributed by atoms with Crippen LogP contribution in [0.5, 0.6) is 0 Å². The van der Waals surface area contributed by atoms with E-state index in [0.29, 0.717) is 18.8 Å². The predicted octanol–water partition coefficient (Wildman–Crippen LogP) is 4.87. The number of nitrogens with zero attached hydrogens (tertiary/aromatic N) is 2. The second-order valence-electron chi connectivity index (χ2n) is 11.2. The van der Waals surface area contributed by atoms with Crippen LogP contribution in [0.1, 0.15) is 90.5 Å². The molecular weight excluding hydrogens is 620 g/mol. The van der Waals surface area contributed by atoms with Crippen LogP contribution in [0.15, 0.2) is 42.5 Å². The van der Waals surface area contributed by atoms with E-state index in [1.54, 1.807) is 0 Å². The fraction of sp³-hybridized carbons (Fsp3) is 0.688. The van der Waals surface area contributed by atoms with E-state index >= 15 is 0 Å². The van der Waals surface area contributed by atoms with Crippen LogP contribution in [0.25, 0.3) is 0 Å². The summed E-state index contributed by atoms with van der Waals surface area (Å²) >= 11 is 0. The fourth-order valence-electron chi connectivity index (χ4n) is 4.54. The summed E-state index contributed by atoms with van der Waals surface area (Å²) in [5.74, 6) is -0.857. The third-order valence-electron chi connectivity index (χ3n) is 6.74. The topological polar surface area (TPSA) is 218 Å². The lowest BCUT2D eigenvalue weighted by atomic mass is 9.97. The highest BCUT2D eigenvalue weighted by Gasteiger charge is 2.30. The number of unbranched alkanes of at least 4 members (excludes halogenated alkanes) is 3. The second-order valence-corrected chi connectivity index (χ2v) is 11.2. The summed E-state index contributed by atoms with van der Waals surface area (Å²) in [5.41, 5.74) is 1.41. The highest BCUT2D eigenvalue weighted by Crippen LogP contribution is 2.30. The van der Waals surface area contributed by atoms with Gasteiger partial charge in [0.25, 0.3) is 10.2 Å². The number of esters is 1. The Balaban J connectivity index is 0.000000691. The van der Waals surface area contributed by atoms with Crippen molar-refractivity contribution >= 4 is 11.9 Å². The van der Waals surface area contributed by atoms with Crippen LogP contribution in [-0.2, 0) is 35.2 Å². The van der Waals surface area contributed by atoms with Gasteiger partial charge >= 0.3 is 11.9 Å². The van der Waals surface area contributed by atoms with E-state index in [1.807, 2.05) is 26.8 Å². The molecule has 3 N–H and O–H groups in total. The third kappa shape index (κ3) is 27.0. The van der Waals surface area contributed by atoms with E-state index in [0.717, 1.165) is 32.1 Å². The predicted molar refractivity (Wildman–Crippen MR) is 171 cm³/mol. The van der Waals surface area contributed by atoms with Crippen molar-refractivity contribution in [3.05, 3.63) is 68.3 Å². The molecule has 0 spiro atoms. The molecular formula is C32H52N2O13. The molecule has 15 nitrogen and oxygen atoms in total. The first-order valence-electron chi connectivity index (χ1n) is 15.9. The molecule has 0 aliphatic heterocycles. The summed E-state index contributed by atoms with van der Waals surface area (Å²) in [4.78, 5) is 48.8. The fourth-order valence-corrected chi connectivity index (χ4v) is 4.54. The number of carbonyl (C=O) groups excluding carboxylic acids is 1. The van der Waals surface area contributed by atoms with Crippen molar-refractivity contribution in [2.24, 2.45) is 5.92 Å². The molecule has 4 unspecified atom stereocenters. The van der Waals surface area contributed by atoms with Gasteiger partial charge in [-0.1, -0.05) is 55.3 Å². The van der Waals surface area contributed by atoms with Crippen molar-refractivity contribution in [2.45, 2.75) is 116 Å². The summed E-state index contributed by atoms with van der Waals surface area (Å²) in [7, 11) is 0. The molecule has 0 bridgehead atoms. The number of hydrogen-bond donors (Lipinski definition) is 3. The molecule has 1 aromatic rings. The zero-order valence-corrected chi connectivity index (χ0v) is 27.6. The molecule has 1 aromatic carbocycles. The number of aliphatic hydroxyl groups is 2. The van der Waals surface area contributed by atoms with Gasteiger partial charge in [0.05, 0.1) is 37.9 Å². The van der Waals surface area contributed by atoms with Gasteiger partial charge in [0, 0.05) is 6.42 Å². The Bertz CT molecular complexity index is 1020. The van der Waals surface area contributed by atoms with E-state index in [1.165, 1.54) is 24.8 Å². The molecule has 0 radical (unpaired) electrons. The molecule has 0 saturated heterocycles. The summed E-state index contributed by atoms with van der Waals surface area (Å²) < 4.78 is 9.69. The van der Waals surface area contributed by atoms with Crippen LogP contribution in [0, 0.1) is 26.1 Å². The molecule has 2 rings (SSSR count). The lowest BCUT2D eigenvalue weighted by Gasteiger charge is -2.13. The number of hydrogen-bond acceptors (Lipinski definition) is 12. The quantitative estimate of drug-likeness (QED) is 0.0523. The first-order valence-corrected chi connectivity index (χ1v) is 15.9. The van der Waals surface area contributed by atoms with Gasteiger partial charge in [0.1, 0.15) is 6.61 Å². The van der Waals surface area contributed by atoms with E-state index in [-0.39, 0.29) is 43.9 Å². The maximum atomic E-state index is 11.0. The van der Waals surface area contributed by atoms with Crippen LogP contribution in [0.3, 0.4) is 0 Å². The molecule has 47 heavy (non-hydrogen) atoms. The summed E-state index contributed by atoms with van der Waals surface area (Å²) in [6.07, 6.45) is 11.5. The first-order chi connectivity index (χ1) is 22.3. The summed E-state index contributed by atoms with van der Waals surface area (Å²) in [5, 5.41) is 45.0. The maximum absolute atomic E-state index is 11.0. The number of rotatable bonds is 21. The van der Waals surface area contributed by atoms with Crippen molar-refractivity contribution in [3.63, 3.8) is 0 Å². The molecule has 0 heterocycles. The average molecular weight is 673 g/mol. The van der Waals surface area contributed by atoms with Gasteiger partial charge in [-0.3, -0.25) is 9.59 Å². The smallest absolute Gasteiger partial charge is 0.306 e. The lowest BCUT2D eigenvalue weighted by molar-refractivity contribution is -0.790. The van der Waals surface area contributed by atoms with E-state index in [2.05, 4.69) is 46.1 Å². The lowest BCUT2D eigenvalue weighted by Crippen LogP contribution is -2.29. The van der Waals surface area contributed by atoms with E-state index < -0.39 is 28.9 Å². The Labute approximate surface area is 276 Å². The van der Waals surface area contributed by atoms with Gasteiger partial charge < -0.3 is 34.5 Å².